The van der Waals surface area contributed by atoms with Gasteiger partial charge < -0.3 is 19.1 Å². The zero-order valence-electron chi connectivity index (χ0n) is 32.0. The minimum atomic E-state index is -0.0316. The average Bonchev–Trinajstić information content (AvgIpc) is 3.84. The van der Waals surface area contributed by atoms with Gasteiger partial charge in [-0.3, -0.25) is 0 Å². The van der Waals surface area contributed by atoms with E-state index in [4.69, 9.17) is 9.72 Å². The first-order chi connectivity index (χ1) is 26.6. The van der Waals surface area contributed by atoms with E-state index in [2.05, 4.69) is 172 Å². The van der Waals surface area contributed by atoms with Gasteiger partial charge in [-0.05, 0) is 84.7 Å². The molecule has 0 fully saturated rings. The average molecular weight is 927 g/mol. The molecular weight excluding hydrogens is 888 g/mol. The van der Waals surface area contributed by atoms with Crippen molar-refractivity contribution in [2.24, 2.45) is 0 Å². The number of hydrogen-bond donors (Lipinski definition) is 0. The molecule has 0 radical (unpaired) electrons. The van der Waals surface area contributed by atoms with Crippen molar-refractivity contribution in [3.05, 3.63) is 163 Å². The van der Waals surface area contributed by atoms with Gasteiger partial charge in [-0.25, -0.2) is 4.98 Å². The Bertz CT molecular complexity index is 2970. The third-order valence-corrected chi connectivity index (χ3v) is 11.9. The van der Waals surface area contributed by atoms with E-state index in [-0.39, 0.29) is 26.5 Å². The van der Waals surface area contributed by atoms with Gasteiger partial charge in [-0.2, -0.15) is 12.1 Å². The summed E-state index contributed by atoms with van der Waals surface area (Å²) >= 11 is 1.84. The summed E-state index contributed by atoms with van der Waals surface area (Å²) < 4.78 is 11.4. The zero-order chi connectivity index (χ0) is 37.6. The SMILES string of the molecule is Cc1cc(C)c(N2[CH-]N(c3[c-]c(Oc4[c-]c5c(cc4)c4c6sc7ccccc7c6ccc4n5-c4cc(C(C)(C)C)ccn4)ccc3)c3ccccc32)c(C)c1.[Pt]. The Labute approximate surface area is 346 Å². The van der Waals surface area contributed by atoms with Crippen molar-refractivity contribution < 1.29 is 25.8 Å². The number of fused-ring (bicyclic) bond motifs is 8. The van der Waals surface area contributed by atoms with Crippen LogP contribution in [0.3, 0.4) is 0 Å². The summed E-state index contributed by atoms with van der Waals surface area (Å²) in [7, 11) is 0. The van der Waals surface area contributed by atoms with E-state index < -0.39 is 0 Å². The van der Waals surface area contributed by atoms with Crippen molar-refractivity contribution in [2.45, 2.75) is 47.0 Å². The number of nitrogens with zero attached hydrogens (tertiary/aromatic N) is 4. The molecule has 0 atom stereocenters. The van der Waals surface area contributed by atoms with Gasteiger partial charge in [0.1, 0.15) is 5.82 Å². The van der Waals surface area contributed by atoms with Crippen LogP contribution in [0.25, 0.3) is 47.8 Å². The van der Waals surface area contributed by atoms with E-state index in [0.29, 0.717) is 11.5 Å². The number of para-hydroxylation sites is 2. The predicted octanol–water partition coefficient (Wildman–Crippen LogP) is 13.6. The molecule has 7 heteroatoms. The topological polar surface area (TPSA) is 33.5 Å². The molecule has 1 aliphatic rings. The number of hydrogen-bond acceptors (Lipinski definition) is 5. The van der Waals surface area contributed by atoms with Crippen LogP contribution in [0, 0.1) is 39.6 Å². The van der Waals surface area contributed by atoms with Crippen LogP contribution in [0.1, 0.15) is 43.0 Å². The maximum atomic E-state index is 6.64. The number of anilines is 4. The summed E-state index contributed by atoms with van der Waals surface area (Å²) in [6, 6.07) is 48.0. The monoisotopic (exact) mass is 926 g/mol. The van der Waals surface area contributed by atoms with Crippen molar-refractivity contribution >= 4 is 76.1 Å². The summed E-state index contributed by atoms with van der Waals surface area (Å²) in [4.78, 5) is 9.42. The molecule has 280 valence electrons. The smallest absolute Gasteiger partial charge is 0.135 e. The third-order valence-electron chi connectivity index (χ3n) is 10.7. The Kier molecular flexibility index (Phi) is 8.83. The van der Waals surface area contributed by atoms with Crippen molar-refractivity contribution in [1.82, 2.24) is 9.55 Å². The van der Waals surface area contributed by atoms with E-state index in [1.54, 1.807) is 0 Å². The fourth-order valence-corrected chi connectivity index (χ4v) is 9.54. The van der Waals surface area contributed by atoms with Gasteiger partial charge >= 0.3 is 0 Å². The number of aromatic nitrogens is 2. The minimum absolute atomic E-state index is 0. The fourth-order valence-electron chi connectivity index (χ4n) is 8.28. The van der Waals surface area contributed by atoms with Gasteiger partial charge in [0.2, 0.25) is 0 Å². The molecule has 0 bridgehead atoms. The molecule has 3 aromatic heterocycles. The standard InChI is InChI=1S/C49H39N4OS.Pt/c1-30-24-31(2)47(32(3)25-30)52-29-51(40-15-8-9-16-41(40)52)34-12-11-13-35(27-34)54-36-18-19-39-43(28-36)53(45-26-33(22-23-50-45)49(4,5)6)42-21-20-38-37-14-7-10-17-44(37)55-48(38)46(39)42;/h7-26,29H,1-6H3;/q-3;. The summed E-state index contributed by atoms with van der Waals surface area (Å²) in [5, 5.41) is 4.87. The van der Waals surface area contributed by atoms with Crippen LogP contribution < -0.4 is 14.5 Å². The zero-order valence-corrected chi connectivity index (χ0v) is 35.1. The molecule has 0 saturated carbocycles. The fraction of sp³-hybridized carbons (Fsp3) is 0.143. The first kappa shape index (κ1) is 36.2. The van der Waals surface area contributed by atoms with Crippen molar-refractivity contribution in [2.75, 3.05) is 9.80 Å². The van der Waals surface area contributed by atoms with E-state index in [0.717, 1.165) is 39.3 Å². The molecule has 0 unspecified atom stereocenters. The molecule has 0 spiro atoms. The molecule has 0 N–H and O–H groups in total. The van der Waals surface area contributed by atoms with Crippen LogP contribution in [0.5, 0.6) is 11.5 Å². The predicted molar refractivity (Wildman–Crippen MR) is 230 cm³/mol. The Morgan fingerprint density at radius 1 is 0.696 bits per heavy atom. The van der Waals surface area contributed by atoms with Crippen LogP contribution in [-0.4, -0.2) is 9.55 Å². The molecule has 0 amide bonds. The Morgan fingerprint density at radius 2 is 1.41 bits per heavy atom. The summed E-state index contributed by atoms with van der Waals surface area (Å²) in [5.74, 6) is 2.09. The number of pyridine rings is 1. The number of aryl methyl sites for hydroxylation is 3. The minimum Gasteiger partial charge on any atom is -0.509 e. The summed E-state index contributed by atoms with van der Waals surface area (Å²) in [6.45, 7) is 15.4. The van der Waals surface area contributed by atoms with E-state index in [1.807, 2.05) is 35.7 Å². The number of rotatable bonds is 5. The molecular formula is C49H39N4OPtS-3. The van der Waals surface area contributed by atoms with Crippen molar-refractivity contribution in [3.63, 3.8) is 0 Å². The maximum Gasteiger partial charge on any atom is 0.135 e. The third kappa shape index (κ3) is 5.90. The molecule has 1 aliphatic heterocycles. The van der Waals surface area contributed by atoms with Gasteiger partial charge in [0.15, 0.2) is 0 Å². The van der Waals surface area contributed by atoms with Crippen LogP contribution in [-0.2, 0) is 26.5 Å². The van der Waals surface area contributed by atoms with Gasteiger partial charge in [0.05, 0.1) is 0 Å². The number of thiophene rings is 1. The second kappa shape index (κ2) is 13.7. The van der Waals surface area contributed by atoms with Gasteiger partial charge in [-0.15, -0.1) is 59.4 Å². The van der Waals surface area contributed by atoms with Crippen LogP contribution in [0.4, 0.5) is 22.7 Å². The Balaban J connectivity index is 0.00000410. The molecule has 4 heterocycles. The summed E-state index contributed by atoms with van der Waals surface area (Å²) in [6.07, 6.45) is 1.92. The van der Waals surface area contributed by atoms with E-state index in [9.17, 15) is 0 Å². The number of benzene rings is 6. The maximum absolute atomic E-state index is 6.64. The largest absolute Gasteiger partial charge is 0.509 e. The van der Waals surface area contributed by atoms with Gasteiger partial charge in [0.25, 0.3) is 0 Å². The molecule has 9 aromatic rings. The molecule has 56 heavy (non-hydrogen) atoms. The van der Waals surface area contributed by atoms with Crippen molar-refractivity contribution in [1.29, 1.82) is 0 Å². The first-order valence-electron chi connectivity index (χ1n) is 18.7. The molecule has 10 rings (SSSR count). The summed E-state index contributed by atoms with van der Waals surface area (Å²) in [5.41, 5.74) is 11.3. The quantitative estimate of drug-likeness (QED) is 0.161. The second-order valence-electron chi connectivity index (χ2n) is 15.6. The van der Waals surface area contributed by atoms with Crippen LogP contribution in [0.15, 0.2) is 121 Å². The first-order valence-corrected chi connectivity index (χ1v) is 19.5. The van der Waals surface area contributed by atoms with Crippen LogP contribution in [0.2, 0.25) is 0 Å². The molecule has 0 saturated heterocycles. The number of ether oxygens (including phenoxy) is 1. The normalized spacial score (nSPS) is 12.9. The van der Waals surface area contributed by atoms with Crippen molar-refractivity contribution in [3.8, 4) is 17.3 Å². The van der Waals surface area contributed by atoms with Gasteiger partial charge in [-0.1, -0.05) is 80.4 Å². The molecule has 5 nitrogen and oxygen atoms in total. The second-order valence-corrected chi connectivity index (χ2v) is 16.7. The molecule has 0 aliphatic carbocycles. The Morgan fingerprint density at radius 3 is 2.20 bits per heavy atom. The van der Waals surface area contributed by atoms with E-state index >= 15 is 0 Å². The Hall–Kier alpha value is -5.42. The van der Waals surface area contributed by atoms with E-state index in [1.165, 1.54) is 53.5 Å². The molecule has 6 aromatic carbocycles. The van der Waals surface area contributed by atoms with Crippen LogP contribution >= 0.6 is 11.3 Å². The van der Waals surface area contributed by atoms with Gasteiger partial charge in [0, 0.05) is 81.5 Å².